The molecule has 0 aliphatic rings. The van der Waals surface area contributed by atoms with E-state index in [1.165, 1.54) is 0 Å². The summed E-state index contributed by atoms with van der Waals surface area (Å²) < 4.78 is 0.869. The topological polar surface area (TPSA) is 33.1 Å². The van der Waals surface area contributed by atoms with Gasteiger partial charge in [-0.3, -0.25) is 0 Å². The molecule has 108 valence electrons. The van der Waals surface area contributed by atoms with Crippen molar-refractivity contribution in [3.8, 4) is 0 Å². The Bertz CT molecular complexity index is 586. The molecule has 0 saturated heterocycles. The van der Waals surface area contributed by atoms with Crippen molar-refractivity contribution in [3.63, 3.8) is 0 Å². The highest BCUT2D eigenvalue weighted by Gasteiger charge is 2.19. The van der Waals surface area contributed by atoms with Crippen molar-refractivity contribution < 1.29 is 5.11 Å². The average Bonchev–Trinajstić information content (AvgIpc) is 2.75. The third-order valence-corrected chi connectivity index (χ3v) is 4.50. The Morgan fingerprint density at radius 2 is 2.05 bits per heavy atom. The Balaban J connectivity index is 2.15. The zero-order chi connectivity index (χ0) is 14.9. The number of benzene rings is 1. The summed E-state index contributed by atoms with van der Waals surface area (Å²) in [5, 5.41) is 13.9. The van der Waals surface area contributed by atoms with E-state index in [2.05, 4.69) is 47.1 Å². The van der Waals surface area contributed by atoms with E-state index >= 15 is 0 Å². The third-order valence-electron chi connectivity index (χ3n) is 2.96. The molecular weight excluding hydrogens is 358 g/mol. The van der Waals surface area contributed by atoms with Gasteiger partial charge in [-0.05, 0) is 23.8 Å². The second-order valence-corrected chi connectivity index (χ2v) is 8.09. The first kappa shape index (κ1) is 16.0. The lowest BCUT2D eigenvalue weighted by Gasteiger charge is -2.14. The van der Waals surface area contributed by atoms with Crippen molar-refractivity contribution in [2.45, 2.75) is 38.7 Å². The van der Waals surface area contributed by atoms with Gasteiger partial charge in [-0.1, -0.05) is 48.3 Å². The fraction of sp³-hybridized carbons (Fsp3) is 0.400. The number of thiazole rings is 1. The van der Waals surface area contributed by atoms with Crippen LogP contribution in [0.3, 0.4) is 0 Å². The van der Waals surface area contributed by atoms with Crippen LogP contribution in [0.5, 0.6) is 0 Å². The van der Waals surface area contributed by atoms with Gasteiger partial charge in [-0.25, -0.2) is 4.98 Å². The highest BCUT2D eigenvalue weighted by molar-refractivity contribution is 9.10. The summed E-state index contributed by atoms with van der Waals surface area (Å²) in [5.74, 6) is 0. The van der Waals surface area contributed by atoms with Crippen LogP contribution in [0.1, 0.15) is 43.1 Å². The molecule has 2 nitrogen and oxygen atoms in total. The van der Waals surface area contributed by atoms with E-state index in [4.69, 9.17) is 11.6 Å². The standard InChI is InChI=1S/C15H17BrClNOS/c1-15(2,3)13-8-20-14(18-13)7-12(19)9-4-10(16)6-11(17)5-9/h4-6,8,12,19H,7H2,1-3H3. The number of halogens is 2. The monoisotopic (exact) mass is 373 g/mol. The van der Waals surface area contributed by atoms with Gasteiger partial charge < -0.3 is 5.11 Å². The highest BCUT2D eigenvalue weighted by atomic mass is 79.9. The number of hydrogen-bond donors (Lipinski definition) is 1. The molecule has 0 amide bonds. The van der Waals surface area contributed by atoms with Gasteiger partial charge in [0.25, 0.3) is 0 Å². The molecule has 5 heteroatoms. The van der Waals surface area contributed by atoms with Crippen LogP contribution < -0.4 is 0 Å². The van der Waals surface area contributed by atoms with Crippen LogP contribution in [0.15, 0.2) is 28.1 Å². The van der Waals surface area contributed by atoms with Gasteiger partial charge in [-0.15, -0.1) is 11.3 Å². The largest absolute Gasteiger partial charge is 0.388 e. The summed E-state index contributed by atoms with van der Waals surface area (Å²) >= 11 is 11.0. The van der Waals surface area contributed by atoms with Gasteiger partial charge in [0, 0.05) is 26.7 Å². The second kappa shape index (κ2) is 6.14. The lowest BCUT2D eigenvalue weighted by Crippen LogP contribution is -2.12. The smallest absolute Gasteiger partial charge is 0.0957 e. The van der Waals surface area contributed by atoms with E-state index in [1.807, 2.05) is 6.07 Å². The van der Waals surface area contributed by atoms with E-state index in [9.17, 15) is 5.11 Å². The molecule has 0 fully saturated rings. The van der Waals surface area contributed by atoms with E-state index in [0.29, 0.717) is 11.4 Å². The maximum Gasteiger partial charge on any atom is 0.0957 e. The number of nitrogens with zero attached hydrogens (tertiary/aromatic N) is 1. The second-order valence-electron chi connectivity index (χ2n) is 5.80. The van der Waals surface area contributed by atoms with Crippen molar-refractivity contribution in [2.75, 3.05) is 0 Å². The molecule has 2 aromatic rings. The maximum absolute atomic E-state index is 10.3. The summed E-state index contributed by atoms with van der Waals surface area (Å²) in [6.45, 7) is 6.41. The zero-order valence-electron chi connectivity index (χ0n) is 11.7. The Kier molecular flexibility index (Phi) is 4.90. The SMILES string of the molecule is CC(C)(C)c1csc(CC(O)c2cc(Cl)cc(Br)c2)n1. The number of rotatable bonds is 3. The van der Waals surface area contributed by atoms with Crippen molar-refractivity contribution in [1.29, 1.82) is 0 Å². The molecule has 0 saturated carbocycles. The van der Waals surface area contributed by atoms with E-state index < -0.39 is 6.10 Å². The minimum Gasteiger partial charge on any atom is -0.388 e. The number of aliphatic hydroxyl groups is 1. The van der Waals surface area contributed by atoms with Crippen LogP contribution in [0.25, 0.3) is 0 Å². The Hall–Kier alpha value is -0.420. The molecule has 0 bridgehead atoms. The highest BCUT2D eigenvalue weighted by Crippen LogP contribution is 2.29. The molecule has 0 aliphatic carbocycles. The lowest BCUT2D eigenvalue weighted by atomic mass is 9.93. The molecule has 0 radical (unpaired) electrons. The van der Waals surface area contributed by atoms with Crippen molar-refractivity contribution in [3.05, 3.63) is 49.3 Å². The van der Waals surface area contributed by atoms with Crippen LogP contribution >= 0.6 is 38.9 Å². The van der Waals surface area contributed by atoms with Crippen LogP contribution in [-0.2, 0) is 11.8 Å². The van der Waals surface area contributed by atoms with Crippen molar-refractivity contribution in [1.82, 2.24) is 4.98 Å². The normalized spacial score (nSPS) is 13.5. The summed E-state index contributed by atoms with van der Waals surface area (Å²) in [5.41, 5.74) is 1.91. The summed E-state index contributed by atoms with van der Waals surface area (Å²) in [7, 11) is 0. The summed E-state index contributed by atoms with van der Waals surface area (Å²) in [6, 6.07) is 5.48. The molecule has 1 aromatic carbocycles. The first-order chi connectivity index (χ1) is 9.25. The Labute approximate surface area is 137 Å². The third kappa shape index (κ3) is 4.04. The molecule has 1 atom stereocenters. The van der Waals surface area contributed by atoms with E-state index in [0.717, 1.165) is 20.7 Å². The fourth-order valence-corrected chi connectivity index (χ4v) is 3.75. The van der Waals surface area contributed by atoms with Crippen LogP contribution in [0.2, 0.25) is 5.02 Å². The molecule has 1 unspecified atom stereocenters. The van der Waals surface area contributed by atoms with Gasteiger partial charge in [0.15, 0.2) is 0 Å². The minimum absolute atomic E-state index is 0.0405. The molecule has 0 aliphatic heterocycles. The molecule has 1 N–H and O–H groups in total. The first-order valence-corrected chi connectivity index (χ1v) is 8.40. The van der Waals surface area contributed by atoms with Crippen molar-refractivity contribution in [2.24, 2.45) is 0 Å². The van der Waals surface area contributed by atoms with Crippen molar-refractivity contribution >= 4 is 38.9 Å². The maximum atomic E-state index is 10.3. The lowest BCUT2D eigenvalue weighted by molar-refractivity contribution is 0.178. The quantitative estimate of drug-likeness (QED) is 0.807. The molecule has 0 spiro atoms. The van der Waals surface area contributed by atoms with Crippen LogP contribution in [0, 0.1) is 0 Å². The zero-order valence-corrected chi connectivity index (χ0v) is 14.8. The van der Waals surface area contributed by atoms with E-state index in [-0.39, 0.29) is 5.41 Å². The minimum atomic E-state index is -0.594. The number of aliphatic hydroxyl groups excluding tert-OH is 1. The first-order valence-electron chi connectivity index (χ1n) is 6.34. The van der Waals surface area contributed by atoms with Gasteiger partial charge >= 0.3 is 0 Å². The summed E-state index contributed by atoms with van der Waals surface area (Å²) in [4.78, 5) is 4.61. The average molecular weight is 375 g/mol. The molecule has 2 rings (SSSR count). The molecule has 1 heterocycles. The van der Waals surface area contributed by atoms with Gasteiger partial charge in [0.1, 0.15) is 0 Å². The predicted molar refractivity (Wildman–Crippen MR) is 88.6 cm³/mol. The van der Waals surface area contributed by atoms with Gasteiger partial charge in [-0.2, -0.15) is 0 Å². The number of hydrogen-bond acceptors (Lipinski definition) is 3. The van der Waals surface area contributed by atoms with Gasteiger partial charge in [0.05, 0.1) is 16.8 Å². The predicted octanol–water partition coefficient (Wildman–Crippen LogP) is 5.13. The number of aromatic nitrogens is 1. The van der Waals surface area contributed by atoms with Crippen LogP contribution in [0.4, 0.5) is 0 Å². The summed E-state index contributed by atoms with van der Waals surface area (Å²) in [6.07, 6.45) is -0.0861. The Morgan fingerprint density at radius 1 is 1.35 bits per heavy atom. The van der Waals surface area contributed by atoms with Gasteiger partial charge in [0.2, 0.25) is 0 Å². The van der Waals surface area contributed by atoms with Crippen LogP contribution in [-0.4, -0.2) is 10.1 Å². The van der Waals surface area contributed by atoms with E-state index in [1.54, 1.807) is 23.5 Å². The molecule has 20 heavy (non-hydrogen) atoms. The Morgan fingerprint density at radius 3 is 2.60 bits per heavy atom. The molecule has 1 aromatic heterocycles. The molecular formula is C15H17BrClNOS. The fourth-order valence-electron chi connectivity index (χ4n) is 1.80.